The van der Waals surface area contributed by atoms with Crippen molar-refractivity contribution in [2.24, 2.45) is 5.92 Å². The van der Waals surface area contributed by atoms with Crippen molar-refractivity contribution < 1.29 is 14.6 Å². The number of fused-ring (bicyclic) bond motifs is 1. The Morgan fingerprint density at radius 3 is 2.75 bits per heavy atom. The van der Waals surface area contributed by atoms with E-state index >= 15 is 0 Å². The quantitative estimate of drug-likeness (QED) is 0.584. The maximum Gasteiger partial charge on any atom is 0.163 e. The summed E-state index contributed by atoms with van der Waals surface area (Å²) in [5, 5.41) is 9.17. The summed E-state index contributed by atoms with van der Waals surface area (Å²) < 4.78 is 4.96. The number of methoxy groups -OCH3 is 1. The molecule has 0 aliphatic carbocycles. The fraction of sp³-hybridized carbons (Fsp3) is 0.875. The number of hydrogen-bond acceptors (Lipinski definition) is 4. The minimum atomic E-state index is -0.695. The third-order valence-electron chi connectivity index (χ3n) is 2.96. The molecule has 0 aromatic heterocycles. The van der Waals surface area contributed by atoms with Crippen LogP contribution in [-0.4, -0.2) is 54.7 Å². The highest BCUT2D eigenvalue weighted by Gasteiger charge is 2.60. The maximum atomic E-state index is 11.6. The topological polar surface area (TPSA) is 49.8 Å². The molecule has 3 saturated heterocycles. The zero-order valence-corrected chi connectivity index (χ0v) is 7.12. The molecule has 4 heteroatoms. The first-order valence-corrected chi connectivity index (χ1v) is 4.14. The third-order valence-corrected chi connectivity index (χ3v) is 2.96. The Morgan fingerprint density at radius 1 is 1.75 bits per heavy atom. The van der Waals surface area contributed by atoms with Crippen LogP contribution in [0.2, 0.25) is 0 Å². The molecule has 0 amide bonds. The smallest absolute Gasteiger partial charge is 0.163 e. The fourth-order valence-electron chi connectivity index (χ4n) is 2.15. The predicted octanol–water partition coefficient (Wildman–Crippen LogP) is -1.12. The van der Waals surface area contributed by atoms with Gasteiger partial charge < -0.3 is 9.84 Å². The normalized spacial score (nSPS) is 44.7. The summed E-state index contributed by atoms with van der Waals surface area (Å²) in [6.07, 6.45) is 0. The van der Waals surface area contributed by atoms with Gasteiger partial charge in [-0.3, -0.25) is 9.69 Å². The average Bonchev–Trinajstić information content (AvgIpc) is 2.37. The van der Waals surface area contributed by atoms with E-state index in [0.717, 1.165) is 13.1 Å². The van der Waals surface area contributed by atoms with E-state index in [1.807, 2.05) is 4.90 Å². The Hall–Kier alpha value is -0.450. The van der Waals surface area contributed by atoms with Crippen LogP contribution < -0.4 is 0 Å². The fourth-order valence-corrected chi connectivity index (χ4v) is 2.15. The lowest BCUT2D eigenvalue weighted by atomic mass is 9.96. The molecule has 3 rings (SSSR count). The molecular weight excluding hydrogens is 158 g/mol. The summed E-state index contributed by atoms with van der Waals surface area (Å²) in [5.74, 6) is 0.319. The lowest BCUT2D eigenvalue weighted by Gasteiger charge is -2.35. The van der Waals surface area contributed by atoms with E-state index in [1.54, 1.807) is 7.11 Å². The van der Waals surface area contributed by atoms with E-state index in [2.05, 4.69) is 0 Å². The second-order valence-corrected chi connectivity index (χ2v) is 3.59. The van der Waals surface area contributed by atoms with Crippen molar-refractivity contribution >= 4 is 5.78 Å². The van der Waals surface area contributed by atoms with E-state index in [-0.39, 0.29) is 18.3 Å². The van der Waals surface area contributed by atoms with Crippen molar-refractivity contribution in [1.82, 2.24) is 4.90 Å². The molecule has 0 unspecified atom stereocenters. The molecule has 1 N–H and O–H groups in total. The summed E-state index contributed by atoms with van der Waals surface area (Å²) in [6, 6.07) is 0. The molecule has 4 nitrogen and oxygen atoms in total. The summed E-state index contributed by atoms with van der Waals surface area (Å²) in [7, 11) is 1.56. The Balaban J connectivity index is 2.21. The minimum absolute atomic E-state index is 0.115. The highest BCUT2D eigenvalue weighted by atomic mass is 16.5. The standard InChI is InChI=1S/C8H13NO3/c1-12-5-8(4-10)7(11)6-2-9(8)3-6/h6,10H,2-5H2,1H3/t8-/m0/s1. The van der Waals surface area contributed by atoms with Gasteiger partial charge in [0.1, 0.15) is 5.54 Å². The van der Waals surface area contributed by atoms with E-state index in [9.17, 15) is 9.90 Å². The van der Waals surface area contributed by atoms with Crippen LogP contribution in [0.15, 0.2) is 0 Å². The molecule has 2 bridgehead atoms. The number of nitrogens with zero attached hydrogens (tertiary/aromatic N) is 1. The van der Waals surface area contributed by atoms with E-state index in [0.29, 0.717) is 6.61 Å². The van der Waals surface area contributed by atoms with Gasteiger partial charge in [-0.15, -0.1) is 0 Å². The lowest BCUT2D eigenvalue weighted by molar-refractivity contribution is -0.127. The number of hydrogen-bond donors (Lipinski definition) is 1. The number of aliphatic hydroxyl groups is 1. The second kappa shape index (κ2) is 2.52. The molecular formula is C8H13NO3. The van der Waals surface area contributed by atoms with Crippen molar-refractivity contribution in [3.8, 4) is 0 Å². The molecule has 12 heavy (non-hydrogen) atoms. The van der Waals surface area contributed by atoms with Crippen LogP contribution in [0.3, 0.4) is 0 Å². The van der Waals surface area contributed by atoms with Crippen molar-refractivity contribution in [2.45, 2.75) is 5.54 Å². The second-order valence-electron chi connectivity index (χ2n) is 3.59. The Morgan fingerprint density at radius 2 is 2.42 bits per heavy atom. The first-order chi connectivity index (χ1) is 5.74. The number of ketones is 1. The molecule has 3 fully saturated rings. The predicted molar refractivity (Wildman–Crippen MR) is 41.8 cm³/mol. The van der Waals surface area contributed by atoms with Crippen LogP contribution in [0.1, 0.15) is 0 Å². The summed E-state index contributed by atoms with van der Waals surface area (Å²) in [6.45, 7) is 1.82. The number of rotatable bonds is 3. The number of aliphatic hydroxyl groups excluding tert-OH is 1. The van der Waals surface area contributed by atoms with Crippen molar-refractivity contribution in [1.29, 1.82) is 0 Å². The Kier molecular flexibility index (Phi) is 1.71. The van der Waals surface area contributed by atoms with Gasteiger partial charge in [0.15, 0.2) is 5.78 Å². The molecule has 0 aromatic carbocycles. The molecule has 0 radical (unpaired) electrons. The van der Waals surface area contributed by atoms with Gasteiger partial charge in [0.05, 0.1) is 13.2 Å². The van der Waals surface area contributed by atoms with Gasteiger partial charge in [-0.2, -0.15) is 0 Å². The van der Waals surface area contributed by atoms with Gasteiger partial charge in [0.25, 0.3) is 0 Å². The molecule has 3 aliphatic rings. The molecule has 3 heterocycles. The highest BCUT2D eigenvalue weighted by Crippen LogP contribution is 2.39. The molecule has 0 saturated carbocycles. The van der Waals surface area contributed by atoms with Crippen molar-refractivity contribution in [3.63, 3.8) is 0 Å². The number of Topliss-reactive ketones (excluding diaryl/α,β-unsaturated/α-hetero) is 1. The van der Waals surface area contributed by atoms with Gasteiger partial charge in [-0.1, -0.05) is 0 Å². The van der Waals surface area contributed by atoms with Crippen molar-refractivity contribution in [2.75, 3.05) is 33.4 Å². The number of carbonyl (C=O) groups is 1. The molecule has 0 aromatic rings. The largest absolute Gasteiger partial charge is 0.394 e. The van der Waals surface area contributed by atoms with Gasteiger partial charge in [-0.05, 0) is 0 Å². The van der Waals surface area contributed by atoms with Crippen LogP contribution >= 0.6 is 0 Å². The Labute approximate surface area is 71.1 Å². The van der Waals surface area contributed by atoms with Gasteiger partial charge in [-0.25, -0.2) is 0 Å². The summed E-state index contributed by atoms with van der Waals surface area (Å²) in [5.41, 5.74) is -0.695. The molecule has 0 spiro atoms. The number of ether oxygens (including phenoxy) is 1. The zero-order chi connectivity index (χ0) is 8.77. The van der Waals surface area contributed by atoms with Crippen LogP contribution in [0.4, 0.5) is 0 Å². The molecule has 1 atom stereocenters. The monoisotopic (exact) mass is 171 g/mol. The number of carbonyl (C=O) groups excluding carboxylic acids is 1. The summed E-state index contributed by atoms with van der Waals surface area (Å²) >= 11 is 0. The maximum absolute atomic E-state index is 11.6. The van der Waals surface area contributed by atoms with Crippen LogP contribution in [0.25, 0.3) is 0 Å². The van der Waals surface area contributed by atoms with Gasteiger partial charge in [0.2, 0.25) is 0 Å². The lowest BCUT2D eigenvalue weighted by Crippen LogP contribution is -2.53. The SMILES string of the molecule is COC[C@@]1(CO)C(=O)C2CN1C2. The van der Waals surface area contributed by atoms with Gasteiger partial charge in [0, 0.05) is 26.1 Å². The van der Waals surface area contributed by atoms with Crippen LogP contribution in [0.5, 0.6) is 0 Å². The van der Waals surface area contributed by atoms with Crippen LogP contribution in [-0.2, 0) is 9.53 Å². The summed E-state index contributed by atoms with van der Waals surface area (Å²) in [4.78, 5) is 13.6. The first kappa shape index (κ1) is 8.16. The van der Waals surface area contributed by atoms with E-state index in [4.69, 9.17) is 4.74 Å². The average molecular weight is 171 g/mol. The zero-order valence-electron chi connectivity index (χ0n) is 7.12. The Bertz CT molecular complexity index is 212. The molecule has 3 aliphatic heterocycles. The van der Waals surface area contributed by atoms with Crippen molar-refractivity contribution in [3.05, 3.63) is 0 Å². The molecule has 68 valence electrons. The highest BCUT2D eigenvalue weighted by molar-refractivity contribution is 5.96. The minimum Gasteiger partial charge on any atom is -0.394 e. The van der Waals surface area contributed by atoms with Gasteiger partial charge >= 0.3 is 0 Å². The third kappa shape index (κ3) is 0.748. The van der Waals surface area contributed by atoms with Crippen LogP contribution in [0, 0.1) is 5.92 Å². The first-order valence-electron chi connectivity index (χ1n) is 4.14. The van der Waals surface area contributed by atoms with E-state index < -0.39 is 5.54 Å². The van der Waals surface area contributed by atoms with E-state index in [1.165, 1.54) is 0 Å².